The Kier molecular flexibility index (Phi) is 6.98. The van der Waals surface area contributed by atoms with Crippen LogP contribution in [-0.2, 0) is 22.5 Å². The summed E-state index contributed by atoms with van der Waals surface area (Å²) in [4.78, 5) is 20.1. The second-order valence-corrected chi connectivity index (χ2v) is 8.75. The van der Waals surface area contributed by atoms with Gasteiger partial charge >= 0.3 is 0 Å². The van der Waals surface area contributed by atoms with Gasteiger partial charge in [-0.15, -0.1) is 0 Å². The summed E-state index contributed by atoms with van der Waals surface area (Å²) in [6.45, 7) is 6.48. The first-order valence-electron chi connectivity index (χ1n) is 11.3. The molecule has 5 nitrogen and oxygen atoms in total. The Morgan fingerprint density at radius 2 is 1.84 bits per heavy atom. The van der Waals surface area contributed by atoms with Crippen LogP contribution in [0.3, 0.4) is 0 Å². The smallest absolute Gasteiger partial charge is 0.254 e. The third kappa shape index (κ3) is 5.42. The fourth-order valence-electron chi connectivity index (χ4n) is 4.25. The van der Waals surface area contributed by atoms with E-state index in [1.54, 1.807) is 0 Å². The second-order valence-electron chi connectivity index (χ2n) is 8.75. The Hall–Kier alpha value is -3.02. The number of carbonyl (C=O) groups is 1. The predicted molar refractivity (Wildman–Crippen MR) is 127 cm³/mol. The highest BCUT2D eigenvalue weighted by atomic mass is 16.5. The largest absolute Gasteiger partial charge is 0.362 e. The summed E-state index contributed by atoms with van der Waals surface area (Å²) < 4.78 is 6.27. The summed E-state index contributed by atoms with van der Waals surface area (Å²) in [5.74, 6) is -0.0525. The molecule has 2 heterocycles. The fraction of sp³-hybridized carbons (Fsp3) is 0.333. The average molecular weight is 430 g/mol. The number of morpholine rings is 1. The minimum atomic E-state index is -0.938. The number of hydrogen-bond acceptors (Lipinski definition) is 4. The Morgan fingerprint density at radius 1 is 1.06 bits per heavy atom. The summed E-state index contributed by atoms with van der Waals surface area (Å²) in [6.07, 6.45) is 2.33. The first kappa shape index (κ1) is 22.2. The molecule has 1 aliphatic rings. The average Bonchev–Trinajstić information content (AvgIpc) is 2.80. The highest BCUT2D eigenvalue weighted by molar-refractivity contribution is 5.86. The number of nitrogens with one attached hydrogen (secondary N) is 1. The van der Waals surface area contributed by atoms with Crippen LogP contribution in [-0.4, -0.2) is 47.1 Å². The van der Waals surface area contributed by atoms with Crippen molar-refractivity contribution in [1.29, 1.82) is 0 Å². The first-order chi connectivity index (χ1) is 15.5. The predicted octanol–water partition coefficient (Wildman–Crippen LogP) is 4.09. The van der Waals surface area contributed by atoms with E-state index >= 15 is 0 Å². The lowest BCUT2D eigenvalue weighted by Crippen LogP contribution is -2.61. The van der Waals surface area contributed by atoms with Crippen molar-refractivity contribution in [2.75, 3.05) is 19.7 Å². The van der Waals surface area contributed by atoms with Crippen LogP contribution in [0.2, 0.25) is 0 Å². The van der Waals surface area contributed by atoms with Gasteiger partial charge in [0.15, 0.2) is 5.60 Å². The van der Waals surface area contributed by atoms with Crippen molar-refractivity contribution < 1.29 is 9.53 Å². The molecule has 3 aromatic rings. The van der Waals surface area contributed by atoms with Gasteiger partial charge in [-0.05, 0) is 42.7 Å². The van der Waals surface area contributed by atoms with Gasteiger partial charge in [-0.1, -0.05) is 60.7 Å². The van der Waals surface area contributed by atoms with Crippen LogP contribution in [0.1, 0.15) is 25.1 Å². The molecular weight excluding hydrogens is 398 g/mol. The van der Waals surface area contributed by atoms with Crippen LogP contribution in [0.15, 0.2) is 79.0 Å². The maximum Gasteiger partial charge on any atom is 0.254 e. The maximum absolute atomic E-state index is 13.4. The van der Waals surface area contributed by atoms with E-state index in [0.717, 1.165) is 28.9 Å². The van der Waals surface area contributed by atoms with Crippen molar-refractivity contribution in [3.05, 3.63) is 90.3 Å². The van der Waals surface area contributed by atoms with Gasteiger partial charge in [-0.3, -0.25) is 14.7 Å². The molecular formula is C27H31N3O2. The molecule has 1 N–H and O–H groups in total. The second kappa shape index (κ2) is 10.1. The Morgan fingerprint density at radius 3 is 2.59 bits per heavy atom. The molecule has 0 aliphatic carbocycles. The number of hydrogen-bond donors (Lipinski definition) is 1. The molecule has 0 radical (unpaired) electrons. The normalized spacial score (nSPS) is 19.1. The highest BCUT2D eigenvalue weighted by Crippen LogP contribution is 2.28. The lowest BCUT2D eigenvalue weighted by Gasteiger charge is -2.42. The molecule has 1 saturated heterocycles. The summed E-state index contributed by atoms with van der Waals surface area (Å²) in [7, 11) is 0. The molecule has 0 bridgehead atoms. The van der Waals surface area contributed by atoms with Crippen LogP contribution < -0.4 is 5.32 Å². The van der Waals surface area contributed by atoms with Crippen molar-refractivity contribution in [3.8, 4) is 11.1 Å². The molecule has 1 aromatic heterocycles. The van der Waals surface area contributed by atoms with E-state index < -0.39 is 5.60 Å². The monoisotopic (exact) mass is 429 g/mol. The van der Waals surface area contributed by atoms with E-state index in [9.17, 15) is 4.79 Å². The number of rotatable bonds is 7. The third-order valence-corrected chi connectivity index (χ3v) is 5.73. The number of benzene rings is 2. The van der Waals surface area contributed by atoms with Gasteiger partial charge in [0.05, 0.1) is 12.3 Å². The van der Waals surface area contributed by atoms with Crippen LogP contribution in [0.5, 0.6) is 0 Å². The van der Waals surface area contributed by atoms with Gasteiger partial charge < -0.3 is 10.1 Å². The van der Waals surface area contributed by atoms with Crippen molar-refractivity contribution >= 4 is 5.91 Å². The Balaban J connectivity index is 1.60. The number of carbonyl (C=O) groups excluding carboxylic acids is 1. The Bertz CT molecular complexity index is 1020. The number of nitrogens with zero attached hydrogens (tertiary/aromatic N) is 2. The van der Waals surface area contributed by atoms with Crippen molar-refractivity contribution in [2.45, 2.75) is 38.5 Å². The SMILES string of the molecule is CC(C)NC(=O)C1(Cc2cccc(-c3ccccc3)c2)CN(Cc2ccccn2)CCO1. The highest BCUT2D eigenvalue weighted by Gasteiger charge is 2.44. The topological polar surface area (TPSA) is 54.5 Å². The number of pyridine rings is 1. The molecule has 1 aliphatic heterocycles. The zero-order valence-electron chi connectivity index (χ0n) is 18.8. The van der Waals surface area contributed by atoms with Crippen LogP contribution in [0.25, 0.3) is 11.1 Å². The van der Waals surface area contributed by atoms with Gasteiger partial charge in [-0.25, -0.2) is 0 Å². The van der Waals surface area contributed by atoms with Crippen LogP contribution >= 0.6 is 0 Å². The molecule has 1 unspecified atom stereocenters. The molecule has 1 amide bonds. The van der Waals surface area contributed by atoms with Gasteiger partial charge in [0.25, 0.3) is 5.91 Å². The Labute approximate surface area is 190 Å². The molecule has 32 heavy (non-hydrogen) atoms. The summed E-state index contributed by atoms with van der Waals surface area (Å²) in [5, 5.41) is 3.10. The van der Waals surface area contributed by atoms with Gasteiger partial charge in [0.2, 0.25) is 0 Å². The minimum absolute atomic E-state index is 0.0461. The van der Waals surface area contributed by atoms with Crippen molar-refractivity contribution in [3.63, 3.8) is 0 Å². The maximum atomic E-state index is 13.4. The fourth-order valence-corrected chi connectivity index (χ4v) is 4.25. The quantitative estimate of drug-likeness (QED) is 0.615. The summed E-state index contributed by atoms with van der Waals surface area (Å²) in [6, 6.07) is 24.7. The van der Waals surface area contributed by atoms with E-state index in [0.29, 0.717) is 26.1 Å². The molecule has 5 heteroatoms. The molecule has 1 fully saturated rings. The molecule has 1 atom stereocenters. The number of aromatic nitrogens is 1. The van der Waals surface area contributed by atoms with Gasteiger partial charge in [0.1, 0.15) is 0 Å². The van der Waals surface area contributed by atoms with E-state index in [4.69, 9.17) is 4.74 Å². The zero-order valence-corrected chi connectivity index (χ0v) is 18.8. The van der Waals surface area contributed by atoms with Crippen molar-refractivity contribution in [2.24, 2.45) is 0 Å². The van der Waals surface area contributed by atoms with E-state index in [1.165, 1.54) is 0 Å². The lowest BCUT2D eigenvalue weighted by molar-refractivity contribution is -0.161. The van der Waals surface area contributed by atoms with Gasteiger partial charge in [-0.2, -0.15) is 0 Å². The van der Waals surface area contributed by atoms with Gasteiger partial charge in [0, 0.05) is 38.3 Å². The van der Waals surface area contributed by atoms with E-state index in [1.807, 2.05) is 56.4 Å². The zero-order chi connectivity index (χ0) is 22.4. The van der Waals surface area contributed by atoms with Crippen LogP contribution in [0, 0.1) is 0 Å². The third-order valence-electron chi connectivity index (χ3n) is 5.73. The number of amides is 1. The molecule has 0 spiro atoms. The number of ether oxygens (including phenoxy) is 1. The molecule has 2 aromatic carbocycles. The summed E-state index contributed by atoms with van der Waals surface area (Å²) in [5.41, 5.74) is 3.45. The van der Waals surface area contributed by atoms with Crippen LogP contribution in [0.4, 0.5) is 0 Å². The summed E-state index contributed by atoms with van der Waals surface area (Å²) >= 11 is 0. The molecule has 0 saturated carbocycles. The molecule has 166 valence electrons. The lowest BCUT2D eigenvalue weighted by atomic mass is 9.89. The first-order valence-corrected chi connectivity index (χ1v) is 11.3. The standard InChI is InChI=1S/C27H31N3O2/c1-21(2)29-26(31)27(20-30(15-16-32-27)19-25-13-6-7-14-28-25)18-22-9-8-12-24(17-22)23-10-4-3-5-11-23/h3-14,17,21H,15-16,18-20H2,1-2H3,(H,29,31). The minimum Gasteiger partial charge on any atom is -0.362 e. The van der Waals surface area contributed by atoms with Crippen molar-refractivity contribution in [1.82, 2.24) is 15.2 Å². The van der Waals surface area contributed by atoms with E-state index in [2.05, 4.69) is 51.6 Å². The van der Waals surface area contributed by atoms with E-state index in [-0.39, 0.29) is 11.9 Å². The molecule has 4 rings (SSSR count).